The molecule has 0 fully saturated rings. The number of rotatable bonds is 3. The van der Waals surface area contributed by atoms with E-state index in [0.29, 0.717) is 4.47 Å². The van der Waals surface area contributed by atoms with E-state index in [4.69, 9.17) is 16.3 Å². The summed E-state index contributed by atoms with van der Waals surface area (Å²) < 4.78 is 18.9. The predicted molar refractivity (Wildman–Crippen MR) is 72.6 cm³/mol. The molecule has 9 heteroatoms. The minimum Gasteiger partial charge on any atom is -0.433 e. The largest absolute Gasteiger partial charge is 0.433 e. The summed E-state index contributed by atoms with van der Waals surface area (Å²) in [4.78, 5) is 17.7. The molecule has 0 aliphatic rings. The Kier molecular flexibility index (Phi) is 4.15. The average Bonchev–Trinajstić information content (AvgIpc) is 2.25. The van der Waals surface area contributed by atoms with Gasteiger partial charge in [0.1, 0.15) is 17.3 Å². The summed E-state index contributed by atoms with van der Waals surface area (Å²) in [5.74, 6) is -0.854. The number of nitro groups is 1. The highest BCUT2D eigenvalue weighted by Gasteiger charge is 2.24. The standard InChI is InChI=1S/C11H6BrClFN3O3/c1-5-9(17(18)19)10(16-11(13)15-5)20-8-3-6(12)2-7(14)4-8/h2-4H,1H3. The zero-order valence-electron chi connectivity index (χ0n) is 9.93. The van der Waals surface area contributed by atoms with Gasteiger partial charge in [-0.25, -0.2) is 9.37 Å². The minimum absolute atomic E-state index is 0.0501. The monoisotopic (exact) mass is 361 g/mol. The molecule has 0 saturated carbocycles. The smallest absolute Gasteiger partial charge is 0.352 e. The van der Waals surface area contributed by atoms with E-state index >= 15 is 0 Å². The van der Waals surface area contributed by atoms with Crippen LogP contribution in [0, 0.1) is 22.9 Å². The first-order chi connectivity index (χ1) is 9.36. The van der Waals surface area contributed by atoms with Gasteiger partial charge in [0.05, 0.1) is 4.92 Å². The second-order valence-electron chi connectivity index (χ2n) is 3.70. The zero-order valence-corrected chi connectivity index (χ0v) is 12.3. The van der Waals surface area contributed by atoms with Crippen LogP contribution in [0.15, 0.2) is 22.7 Å². The molecule has 1 heterocycles. The quantitative estimate of drug-likeness (QED) is 0.468. The molecule has 0 unspecified atom stereocenters. The molecule has 0 saturated heterocycles. The van der Waals surface area contributed by atoms with Crippen molar-refractivity contribution >= 4 is 33.2 Å². The lowest BCUT2D eigenvalue weighted by atomic mass is 10.3. The highest BCUT2D eigenvalue weighted by molar-refractivity contribution is 9.10. The molecule has 20 heavy (non-hydrogen) atoms. The van der Waals surface area contributed by atoms with Gasteiger partial charge in [-0.1, -0.05) is 15.9 Å². The van der Waals surface area contributed by atoms with Crippen molar-refractivity contribution in [3.05, 3.63) is 49.6 Å². The fraction of sp³-hybridized carbons (Fsp3) is 0.0909. The lowest BCUT2D eigenvalue weighted by Gasteiger charge is -2.07. The molecule has 0 amide bonds. The molecule has 0 N–H and O–H groups in total. The summed E-state index contributed by atoms with van der Waals surface area (Å²) >= 11 is 8.74. The maximum atomic E-state index is 13.2. The lowest BCUT2D eigenvalue weighted by Crippen LogP contribution is -2.01. The Morgan fingerprint density at radius 3 is 2.70 bits per heavy atom. The molecule has 0 aliphatic heterocycles. The van der Waals surface area contributed by atoms with E-state index in [9.17, 15) is 14.5 Å². The van der Waals surface area contributed by atoms with Crippen LogP contribution in [-0.4, -0.2) is 14.9 Å². The molecule has 104 valence electrons. The summed E-state index contributed by atoms with van der Waals surface area (Å²) in [7, 11) is 0. The molecule has 0 radical (unpaired) electrons. The molecule has 0 spiro atoms. The normalized spacial score (nSPS) is 10.4. The second-order valence-corrected chi connectivity index (χ2v) is 4.95. The Morgan fingerprint density at radius 1 is 1.40 bits per heavy atom. The third-order valence-electron chi connectivity index (χ3n) is 2.23. The van der Waals surface area contributed by atoms with Crippen molar-refractivity contribution in [3.8, 4) is 11.6 Å². The van der Waals surface area contributed by atoms with Gasteiger partial charge in [0.15, 0.2) is 0 Å². The van der Waals surface area contributed by atoms with E-state index in [1.165, 1.54) is 19.1 Å². The lowest BCUT2D eigenvalue weighted by molar-refractivity contribution is -0.386. The first-order valence-electron chi connectivity index (χ1n) is 5.19. The van der Waals surface area contributed by atoms with Crippen molar-refractivity contribution in [2.24, 2.45) is 0 Å². The molecule has 6 nitrogen and oxygen atoms in total. The summed E-state index contributed by atoms with van der Waals surface area (Å²) in [6, 6.07) is 3.73. The van der Waals surface area contributed by atoms with Crippen LogP contribution in [0.1, 0.15) is 5.69 Å². The van der Waals surface area contributed by atoms with Crippen LogP contribution in [0.3, 0.4) is 0 Å². The van der Waals surface area contributed by atoms with Crippen molar-refractivity contribution in [2.45, 2.75) is 6.92 Å². The van der Waals surface area contributed by atoms with Crippen molar-refractivity contribution in [1.82, 2.24) is 9.97 Å². The summed E-state index contributed by atoms with van der Waals surface area (Å²) in [6.07, 6.45) is 0. The fourth-order valence-corrected chi connectivity index (χ4v) is 2.14. The Hall–Kier alpha value is -1.80. The zero-order chi connectivity index (χ0) is 14.9. The molecular formula is C11H6BrClFN3O3. The van der Waals surface area contributed by atoms with Crippen molar-refractivity contribution in [2.75, 3.05) is 0 Å². The Labute approximate surface area is 125 Å². The van der Waals surface area contributed by atoms with E-state index in [2.05, 4.69) is 25.9 Å². The Balaban J connectivity index is 2.49. The SMILES string of the molecule is Cc1nc(Cl)nc(Oc2cc(F)cc(Br)c2)c1[N+](=O)[O-]. The van der Waals surface area contributed by atoms with Gasteiger partial charge in [-0.05, 0) is 30.7 Å². The Bertz CT molecular complexity index is 679. The van der Waals surface area contributed by atoms with E-state index in [0.717, 1.165) is 6.07 Å². The molecule has 0 aliphatic carbocycles. The molecule has 2 aromatic rings. The number of aromatic nitrogens is 2. The Morgan fingerprint density at radius 2 is 2.10 bits per heavy atom. The molecular weight excluding hydrogens is 356 g/mol. The molecule has 0 bridgehead atoms. The van der Waals surface area contributed by atoms with Crippen LogP contribution in [0.2, 0.25) is 5.28 Å². The van der Waals surface area contributed by atoms with Crippen molar-refractivity contribution in [1.29, 1.82) is 0 Å². The van der Waals surface area contributed by atoms with Gasteiger partial charge in [0.2, 0.25) is 5.28 Å². The van der Waals surface area contributed by atoms with E-state index in [1.807, 2.05) is 0 Å². The second kappa shape index (κ2) is 5.68. The number of benzene rings is 1. The van der Waals surface area contributed by atoms with E-state index in [1.54, 1.807) is 0 Å². The van der Waals surface area contributed by atoms with E-state index in [-0.39, 0.29) is 22.6 Å². The van der Waals surface area contributed by atoms with Gasteiger partial charge >= 0.3 is 11.6 Å². The van der Waals surface area contributed by atoms with E-state index < -0.39 is 16.4 Å². The van der Waals surface area contributed by atoms with Crippen LogP contribution in [0.25, 0.3) is 0 Å². The summed E-state index contributed by atoms with van der Waals surface area (Å²) in [6.45, 7) is 1.40. The molecule has 1 aromatic heterocycles. The van der Waals surface area contributed by atoms with Crippen molar-refractivity contribution in [3.63, 3.8) is 0 Å². The van der Waals surface area contributed by atoms with Crippen LogP contribution >= 0.6 is 27.5 Å². The van der Waals surface area contributed by atoms with Crippen LogP contribution in [0.5, 0.6) is 11.6 Å². The highest BCUT2D eigenvalue weighted by atomic mass is 79.9. The summed E-state index contributed by atoms with van der Waals surface area (Å²) in [5, 5.41) is 10.8. The average molecular weight is 363 g/mol. The van der Waals surface area contributed by atoms with Crippen molar-refractivity contribution < 1.29 is 14.1 Å². The number of hydrogen-bond acceptors (Lipinski definition) is 5. The van der Waals surface area contributed by atoms with Gasteiger partial charge in [0.25, 0.3) is 0 Å². The van der Waals surface area contributed by atoms with Gasteiger partial charge in [0, 0.05) is 10.5 Å². The number of halogens is 3. The predicted octanol–water partition coefficient (Wildman–Crippen LogP) is 4.04. The number of aryl methyl sites for hydroxylation is 1. The number of ether oxygens (including phenoxy) is 1. The first kappa shape index (κ1) is 14.6. The van der Waals surface area contributed by atoms with Crippen LogP contribution in [0.4, 0.5) is 10.1 Å². The fourth-order valence-electron chi connectivity index (χ4n) is 1.49. The third kappa shape index (κ3) is 3.20. The minimum atomic E-state index is -0.685. The molecule has 1 aromatic carbocycles. The summed E-state index contributed by atoms with van der Waals surface area (Å²) in [5.41, 5.74) is -0.366. The highest BCUT2D eigenvalue weighted by Crippen LogP contribution is 2.33. The number of hydrogen-bond donors (Lipinski definition) is 0. The molecule has 2 rings (SSSR count). The van der Waals surface area contributed by atoms with Crippen LogP contribution in [-0.2, 0) is 0 Å². The van der Waals surface area contributed by atoms with Gasteiger partial charge in [-0.2, -0.15) is 4.98 Å². The number of nitrogens with zero attached hydrogens (tertiary/aromatic N) is 3. The molecule has 0 atom stereocenters. The van der Waals surface area contributed by atoms with Gasteiger partial charge < -0.3 is 4.74 Å². The maximum Gasteiger partial charge on any atom is 0.352 e. The maximum absolute atomic E-state index is 13.2. The van der Waals surface area contributed by atoms with Gasteiger partial charge in [-0.3, -0.25) is 10.1 Å². The van der Waals surface area contributed by atoms with Crippen LogP contribution < -0.4 is 4.74 Å². The third-order valence-corrected chi connectivity index (χ3v) is 2.86. The van der Waals surface area contributed by atoms with Gasteiger partial charge in [-0.15, -0.1) is 0 Å². The first-order valence-corrected chi connectivity index (χ1v) is 6.36. The topological polar surface area (TPSA) is 78.2 Å².